The first-order valence-electron chi connectivity index (χ1n) is 8.32. The van der Waals surface area contributed by atoms with E-state index < -0.39 is 23.8 Å². The molecule has 0 fully saturated rings. The van der Waals surface area contributed by atoms with Gasteiger partial charge in [-0.25, -0.2) is 9.97 Å². The summed E-state index contributed by atoms with van der Waals surface area (Å²) in [5.74, 6) is -0.132. The van der Waals surface area contributed by atoms with Crippen molar-refractivity contribution in [2.45, 2.75) is 12.3 Å². The van der Waals surface area contributed by atoms with Gasteiger partial charge < -0.3 is 15.5 Å². The number of fused-ring (bicyclic) bond motifs is 1. The number of aromatic nitrogens is 2. The maximum Gasteiger partial charge on any atom is 0.416 e. The molecule has 0 saturated heterocycles. The van der Waals surface area contributed by atoms with Crippen molar-refractivity contribution in [3.05, 3.63) is 89.8 Å². The van der Waals surface area contributed by atoms with Crippen LogP contribution in [-0.2, 0) is 11.0 Å². The van der Waals surface area contributed by atoms with Gasteiger partial charge in [-0.15, -0.1) is 0 Å². The van der Waals surface area contributed by atoms with Crippen LogP contribution in [0.3, 0.4) is 0 Å². The number of rotatable bonds is 3. The first kappa shape index (κ1) is 17.8. The molecule has 1 aromatic heterocycles. The number of nitrogens with zero attached hydrogens (tertiary/aromatic N) is 3. The van der Waals surface area contributed by atoms with Gasteiger partial charge in [-0.05, 0) is 35.9 Å². The molecular formula is C19H14F3N5O. The number of allylic oxidation sites excluding steroid dienone is 3. The van der Waals surface area contributed by atoms with Crippen LogP contribution in [0, 0.1) is 0 Å². The molecule has 9 heteroatoms. The molecule has 0 saturated carbocycles. The van der Waals surface area contributed by atoms with Crippen LogP contribution < -0.4 is 10.6 Å². The fourth-order valence-corrected chi connectivity index (χ4v) is 3.03. The highest BCUT2D eigenvalue weighted by atomic mass is 19.4. The number of halogens is 3. The molecule has 4 rings (SSSR count). The van der Waals surface area contributed by atoms with Gasteiger partial charge in [-0.3, -0.25) is 4.79 Å². The summed E-state index contributed by atoms with van der Waals surface area (Å²) in [6, 6.07) is 6.56. The third kappa shape index (κ3) is 3.34. The van der Waals surface area contributed by atoms with Crippen LogP contribution in [-0.4, -0.2) is 20.8 Å². The number of nitrogens with one attached hydrogen (secondary N) is 2. The molecule has 142 valence electrons. The third-order valence-electron chi connectivity index (χ3n) is 4.29. The molecule has 0 radical (unpaired) electrons. The number of carbonyl (C=O) groups excluding carboxylic acids is 1. The van der Waals surface area contributed by atoms with Crippen LogP contribution >= 0.6 is 0 Å². The van der Waals surface area contributed by atoms with Gasteiger partial charge in [0.25, 0.3) is 5.91 Å². The van der Waals surface area contributed by atoms with Crippen LogP contribution in [0.15, 0.2) is 78.7 Å². The Morgan fingerprint density at radius 3 is 2.82 bits per heavy atom. The van der Waals surface area contributed by atoms with Gasteiger partial charge in [-0.1, -0.05) is 18.2 Å². The molecule has 2 aromatic rings. The molecule has 2 aliphatic heterocycles. The van der Waals surface area contributed by atoms with Crippen molar-refractivity contribution in [1.82, 2.24) is 20.2 Å². The molecule has 1 amide bonds. The number of anilines is 1. The van der Waals surface area contributed by atoms with Gasteiger partial charge in [0.2, 0.25) is 0 Å². The van der Waals surface area contributed by atoms with Gasteiger partial charge >= 0.3 is 6.18 Å². The molecule has 0 spiro atoms. The normalized spacial score (nSPS) is 18.1. The largest absolute Gasteiger partial charge is 0.416 e. The van der Waals surface area contributed by atoms with Gasteiger partial charge in [0.1, 0.15) is 24.0 Å². The molecule has 6 nitrogen and oxygen atoms in total. The zero-order valence-corrected chi connectivity index (χ0v) is 14.3. The minimum absolute atomic E-state index is 0.238. The Balaban J connectivity index is 1.64. The van der Waals surface area contributed by atoms with Crippen LogP contribution in [0.2, 0.25) is 0 Å². The maximum atomic E-state index is 13.1. The van der Waals surface area contributed by atoms with E-state index in [0.717, 1.165) is 12.1 Å². The van der Waals surface area contributed by atoms with Crippen molar-refractivity contribution < 1.29 is 18.0 Å². The SMILES string of the molecule is O=C(Nc1ccncn1)C1=C2C=CC=CN2C(c2cccc(C(F)(F)F)c2)N1. The number of benzene rings is 1. The van der Waals surface area contributed by atoms with E-state index in [1.54, 1.807) is 35.4 Å². The summed E-state index contributed by atoms with van der Waals surface area (Å²) >= 11 is 0. The summed E-state index contributed by atoms with van der Waals surface area (Å²) in [5.41, 5.74) is 0.430. The highest BCUT2D eigenvalue weighted by molar-refractivity contribution is 6.04. The summed E-state index contributed by atoms with van der Waals surface area (Å²) in [5, 5.41) is 5.68. The first-order chi connectivity index (χ1) is 13.4. The van der Waals surface area contributed by atoms with E-state index in [4.69, 9.17) is 0 Å². The highest BCUT2D eigenvalue weighted by Crippen LogP contribution is 2.36. The summed E-state index contributed by atoms with van der Waals surface area (Å²) in [6.07, 6.45) is 4.62. The highest BCUT2D eigenvalue weighted by Gasteiger charge is 2.36. The Labute approximate surface area is 158 Å². The lowest BCUT2D eigenvalue weighted by Crippen LogP contribution is -2.28. The van der Waals surface area contributed by atoms with Crippen molar-refractivity contribution in [1.29, 1.82) is 0 Å². The standard InChI is InChI=1S/C19H14F3N5O/c20-19(21,22)13-5-3-4-12(10-13)17-26-16(14-6-1-2-9-27(14)17)18(28)25-15-7-8-23-11-24-15/h1-11,17,26H,(H,23,24,25,28). The van der Waals surface area contributed by atoms with Gasteiger partial charge in [0, 0.05) is 12.4 Å². The van der Waals surface area contributed by atoms with E-state index in [1.807, 2.05) is 0 Å². The Morgan fingerprint density at radius 1 is 1.21 bits per heavy atom. The number of hydrogen-bond acceptors (Lipinski definition) is 5. The van der Waals surface area contributed by atoms with E-state index >= 15 is 0 Å². The maximum absolute atomic E-state index is 13.1. The average Bonchev–Trinajstić information content (AvgIpc) is 3.08. The minimum atomic E-state index is -4.45. The summed E-state index contributed by atoms with van der Waals surface area (Å²) in [6.45, 7) is 0. The smallest absolute Gasteiger partial charge is 0.355 e. The van der Waals surface area contributed by atoms with Crippen molar-refractivity contribution in [3.63, 3.8) is 0 Å². The predicted octanol–water partition coefficient (Wildman–Crippen LogP) is 3.33. The Hall–Kier alpha value is -3.62. The summed E-state index contributed by atoms with van der Waals surface area (Å²) in [7, 11) is 0. The molecule has 1 atom stereocenters. The molecule has 1 aromatic carbocycles. The zero-order valence-electron chi connectivity index (χ0n) is 14.3. The van der Waals surface area contributed by atoms with E-state index in [0.29, 0.717) is 17.1 Å². The molecule has 0 aliphatic carbocycles. The van der Waals surface area contributed by atoms with Crippen molar-refractivity contribution in [3.8, 4) is 0 Å². The monoisotopic (exact) mass is 385 g/mol. The molecule has 2 N–H and O–H groups in total. The third-order valence-corrected chi connectivity index (χ3v) is 4.29. The first-order valence-corrected chi connectivity index (χ1v) is 8.32. The lowest BCUT2D eigenvalue weighted by atomic mass is 10.1. The van der Waals surface area contributed by atoms with Crippen LogP contribution in [0.25, 0.3) is 0 Å². The average molecular weight is 385 g/mol. The van der Waals surface area contributed by atoms with Crippen molar-refractivity contribution in [2.75, 3.05) is 5.32 Å². The minimum Gasteiger partial charge on any atom is -0.355 e. The van der Waals surface area contributed by atoms with Crippen molar-refractivity contribution in [2.24, 2.45) is 0 Å². The Morgan fingerprint density at radius 2 is 2.07 bits per heavy atom. The lowest BCUT2D eigenvalue weighted by molar-refractivity contribution is -0.137. The molecule has 2 aliphatic rings. The predicted molar refractivity (Wildman–Crippen MR) is 95.1 cm³/mol. The topological polar surface area (TPSA) is 70.2 Å². The summed E-state index contributed by atoms with van der Waals surface area (Å²) < 4.78 is 39.3. The second-order valence-corrected chi connectivity index (χ2v) is 6.09. The van der Waals surface area contributed by atoms with E-state index in [2.05, 4.69) is 20.6 Å². The number of alkyl halides is 3. The molecule has 3 heterocycles. The fourth-order valence-electron chi connectivity index (χ4n) is 3.03. The van der Waals surface area contributed by atoms with E-state index in [1.165, 1.54) is 24.7 Å². The molecular weight excluding hydrogens is 371 g/mol. The lowest BCUT2D eigenvalue weighted by Gasteiger charge is -2.26. The fraction of sp³-hybridized carbons (Fsp3) is 0.105. The Bertz CT molecular complexity index is 998. The van der Waals surface area contributed by atoms with Crippen LogP contribution in [0.1, 0.15) is 17.3 Å². The molecule has 28 heavy (non-hydrogen) atoms. The van der Waals surface area contributed by atoms with Crippen LogP contribution in [0.4, 0.5) is 19.0 Å². The number of amides is 1. The van der Waals surface area contributed by atoms with Gasteiger partial charge in [0.05, 0.1) is 11.3 Å². The molecule has 0 bridgehead atoms. The van der Waals surface area contributed by atoms with E-state index in [-0.39, 0.29) is 5.70 Å². The van der Waals surface area contributed by atoms with Gasteiger partial charge in [0.15, 0.2) is 0 Å². The second-order valence-electron chi connectivity index (χ2n) is 6.09. The van der Waals surface area contributed by atoms with Gasteiger partial charge in [-0.2, -0.15) is 13.2 Å². The van der Waals surface area contributed by atoms with Crippen molar-refractivity contribution >= 4 is 11.7 Å². The Kier molecular flexibility index (Phi) is 4.34. The zero-order chi connectivity index (χ0) is 19.7. The van der Waals surface area contributed by atoms with E-state index in [9.17, 15) is 18.0 Å². The quantitative estimate of drug-likeness (QED) is 0.848. The molecule has 1 unspecified atom stereocenters. The summed E-state index contributed by atoms with van der Waals surface area (Å²) in [4.78, 5) is 22.2. The number of hydrogen-bond donors (Lipinski definition) is 2. The van der Waals surface area contributed by atoms with Crippen LogP contribution in [0.5, 0.6) is 0 Å². The second kappa shape index (κ2) is 6.84. The number of carbonyl (C=O) groups is 1.